The van der Waals surface area contributed by atoms with Gasteiger partial charge in [0.25, 0.3) is 5.56 Å². The van der Waals surface area contributed by atoms with Crippen LogP contribution in [0.15, 0.2) is 29.3 Å². The second-order valence-electron chi connectivity index (χ2n) is 7.31. The number of hydrogen-bond donors (Lipinski definition) is 3. The van der Waals surface area contributed by atoms with E-state index in [1.165, 1.54) is 33.6 Å². The third-order valence-corrected chi connectivity index (χ3v) is 7.04. The Morgan fingerprint density at radius 1 is 1.19 bits per heavy atom. The van der Waals surface area contributed by atoms with Crippen molar-refractivity contribution in [2.45, 2.75) is 33.2 Å². The number of fused-ring (bicyclic) bond motifs is 2. The molecule has 0 fully saturated rings. The van der Waals surface area contributed by atoms with Gasteiger partial charge in [0.05, 0.1) is 21.9 Å². The fourth-order valence-electron chi connectivity index (χ4n) is 3.22. The van der Waals surface area contributed by atoms with E-state index in [-0.39, 0.29) is 36.1 Å². The fraction of sp³-hybridized carbons (Fsp3) is 0.286. The summed E-state index contributed by atoms with van der Waals surface area (Å²) in [7, 11) is 0. The largest absolute Gasteiger partial charge is 0.508 e. The zero-order valence-electron chi connectivity index (χ0n) is 17.5. The number of aromatic hydroxyl groups is 1. The number of aromatic nitrogens is 3. The average molecular weight is 472 g/mol. The van der Waals surface area contributed by atoms with Gasteiger partial charge in [-0.05, 0) is 44.0 Å². The van der Waals surface area contributed by atoms with E-state index >= 15 is 0 Å². The third kappa shape index (κ3) is 4.63. The molecule has 0 aliphatic rings. The van der Waals surface area contributed by atoms with E-state index in [0.29, 0.717) is 33.8 Å². The van der Waals surface area contributed by atoms with Crippen molar-refractivity contribution in [3.05, 3.63) is 45.3 Å². The molecule has 0 saturated heterocycles. The van der Waals surface area contributed by atoms with Gasteiger partial charge >= 0.3 is 0 Å². The van der Waals surface area contributed by atoms with Gasteiger partial charge in [0.2, 0.25) is 11.8 Å². The molecule has 3 heterocycles. The summed E-state index contributed by atoms with van der Waals surface area (Å²) in [4.78, 5) is 47.3. The quantitative estimate of drug-likeness (QED) is 0.356. The number of carbonyl (C=O) groups excluding carboxylic acids is 2. The van der Waals surface area contributed by atoms with Crippen molar-refractivity contribution in [3.8, 4) is 5.75 Å². The van der Waals surface area contributed by atoms with E-state index in [9.17, 15) is 19.5 Å². The number of phenols is 1. The number of aryl methyl sites for hydroxylation is 2. The summed E-state index contributed by atoms with van der Waals surface area (Å²) < 4.78 is 2.08. The predicted molar refractivity (Wildman–Crippen MR) is 126 cm³/mol. The van der Waals surface area contributed by atoms with E-state index < -0.39 is 0 Å². The molecular weight excluding hydrogens is 450 g/mol. The summed E-state index contributed by atoms with van der Waals surface area (Å²) in [5, 5.41) is 16.0. The maximum Gasteiger partial charge on any atom is 0.262 e. The summed E-state index contributed by atoms with van der Waals surface area (Å²) >= 11 is 2.74. The minimum Gasteiger partial charge on any atom is -0.508 e. The summed E-state index contributed by atoms with van der Waals surface area (Å²) in [5.41, 5.74) is 1.37. The monoisotopic (exact) mass is 471 g/mol. The van der Waals surface area contributed by atoms with Crippen molar-refractivity contribution in [2.75, 3.05) is 11.9 Å². The minimum atomic E-state index is -0.316. The minimum absolute atomic E-state index is 0.124. The van der Waals surface area contributed by atoms with E-state index in [1.807, 2.05) is 13.8 Å². The highest BCUT2D eigenvalue weighted by Gasteiger charge is 2.14. The smallest absolute Gasteiger partial charge is 0.262 e. The number of thiophene rings is 1. The highest BCUT2D eigenvalue weighted by Crippen LogP contribution is 2.29. The summed E-state index contributed by atoms with van der Waals surface area (Å²) in [6, 6.07) is 4.82. The predicted octanol–water partition coefficient (Wildman–Crippen LogP) is 2.93. The molecule has 11 heteroatoms. The van der Waals surface area contributed by atoms with Gasteiger partial charge in [-0.25, -0.2) is 9.97 Å². The first-order valence-electron chi connectivity index (χ1n) is 9.93. The van der Waals surface area contributed by atoms with Crippen LogP contribution in [0.2, 0.25) is 0 Å². The first-order chi connectivity index (χ1) is 15.3. The molecule has 0 bridgehead atoms. The molecule has 0 aliphatic carbocycles. The molecule has 3 aromatic heterocycles. The number of nitrogens with zero attached hydrogens (tertiary/aromatic N) is 3. The molecular formula is C21H21N5O4S2. The number of amides is 2. The topological polar surface area (TPSA) is 126 Å². The number of benzene rings is 1. The van der Waals surface area contributed by atoms with E-state index in [0.717, 1.165) is 15.1 Å². The number of rotatable bonds is 7. The summed E-state index contributed by atoms with van der Waals surface area (Å²) in [6.07, 6.45) is 2.05. The van der Waals surface area contributed by atoms with Crippen molar-refractivity contribution >= 4 is 60.1 Å². The van der Waals surface area contributed by atoms with Crippen LogP contribution in [-0.2, 0) is 16.1 Å². The fourth-order valence-corrected chi connectivity index (χ4v) is 5.12. The van der Waals surface area contributed by atoms with Crippen LogP contribution in [0.25, 0.3) is 20.4 Å². The molecule has 32 heavy (non-hydrogen) atoms. The van der Waals surface area contributed by atoms with Crippen LogP contribution in [0.5, 0.6) is 5.75 Å². The number of nitrogens with one attached hydrogen (secondary N) is 2. The number of thiazole rings is 1. The SMILES string of the molecule is Cc1sc2ncn(CC(=O)NCCCC(=O)Nc3nc4ccc(O)cc4s3)c(=O)c2c1C. The maximum absolute atomic E-state index is 12.7. The highest BCUT2D eigenvalue weighted by molar-refractivity contribution is 7.22. The van der Waals surface area contributed by atoms with E-state index in [4.69, 9.17) is 0 Å². The standard InChI is InChI=1S/C21H21N5O4S2/c1-11-12(2)31-19-18(11)20(30)26(10-23-19)9-17(29)22-7-3-4-16(28)25-21-24-14-6-5-13(27)8-15(14)32-21/h5-6,8,10,27H,3-4,7,9H2,1-2H3,(H,22,29)(H,24,25,28). The lowest BCUT2D eigenvalue weighted by Gasteiger charge is -2.07. The first kappa shape index (κ1) is 21.9. The van der Waals surface area contributed by atoms with Gasteiger partial charge in [0, 0.05) is 17.8 Å². The van der Waals surface area contributed by atoms with Crippen molar-refractivity contribution in [3.63, 3.8) is 0 Å². The van der Waals surface area contributed by atoms with Gasteiger partial charge in [-0.15, -0.1) is 11.3 Å². The van der Waals surface area contributed by atoms with Gasteiger partial charge in [-0.1, -0.05) is 11.3 Å². The molecule has 4 rings (SSSR count). The van der Waals surface area contributed by atoms with E-state index in [2.05, 4.69) is 20.6 Å². The zero-order valence-corrected chi connectivity index (χ0v) is 19.1. The van der Waals surface area contributed by atoms with Gasteiger partial charge in [0.15, 0.2) is 5.13 Å². The molecule has 0 saturated carbocycles. The van der Waals surface area contributed by atoms with Crippen molar-refractivity contribution in [1.29, 1.82) is 0 Å². The van der Waals surface area contributed by atoms with Crippen LogP contribution in [0.4, 0.5) is 5.13 Å². The third-order valence-electron chi connectivity index (χ3n) is 4.99. The van der Waals surface area contributed by atoms with Crippen LogP contribution in [0, 0.1) is 13.8 Å². The number of anilines is 1. The molecule has 166 valence electrons. The number of phenolic OH excluding ortho intramolecular Hbond substituents is 1. The number of carbonyl (C=O) groups is 2. The van der Waals surface area contributed by atoms with Crippen LogP contribution in [-0.4, -0.2) is 38.0 Å². The van der Waals surface area contributed by atoms with Crippen LogP contribution >= 0.6 is 22.7 Å². The summed E-state index contributed by atoms with van der Waals surface area (Å²) in [5.74, 6) is -0.380. The summed E-state index contributed by atoms with van der Waals surface area (Å²) in [6.45, 7) is 4.00. The highest BCUT2D eigenvalue weighted by atomic mass is 32.1. The van der Waals surface area contributed by atoms with Gasteiger partial charge < -0.3 is 15.7 Å². The average Bonchev–Trinajstić information content (AvgIpc) is 3.27. The molecule has 3 N–H and O–H groups in total. The maximum atomic E-state index is 12.7. The molecule has 2 amide bonds. The molecule has 0 radical (unpaired) electrons. The Morgan fingerprint density at radius 2 is 2.00 bits per heavy atom. The Balaban J connectivity index is 1.25. The Bertz CT molecular complexity index is 1390. The Kier molecular flexibility index (Phi) is 6.19. The molecule has 4 aromatic rings. The molecule has 0 aliphatic heterocycles. The molecule has 0 atom stereocenters. The first-order valence-corrected chi connectivity index (χ1v) is 11.6. The lowest BCUT2D eigenvalue weighted by atomic mass is 10.2. The zero-order chi connectivity index (χ0) is 22.8. The van der Waals surface area contributed by atoms with Crippen molar-refractivity contribution < 1.29 is 14.7 Å². The molecule has 1 aromatic carbocycles. The van der Waals surface area contributed by atoms with Gasteiger partial charge in [-0.3, -0.25) is 19.0 Å². The Labute approximate surface area is 190 Å². The molecule has 9 nitrogen and oxygen atoms in total. The normalized spacial score (nSPS) is 11.2. The van der Waals surface area contributed by atoms with Crippen molar-refractivity contribution in [1.82, 2.24) is 19.9 Å². The Hall–Kier alpha value is -3.31. The van der Waals surface area contributed by atoms with E-state index in [1.54, 1.807) is 18.2 Å². The van der Waals surface area contributed by atoms with Crippen LogP contribution < -0.4 is 16.2 Å². The second-order valence-corrected chi connectivity index (χ2v) is 9.55. The lowest BCUT2D eigenvalue weighted by molar-refractivity contribution is -0.122. The Morgan fingerprint density at radius 3 is 2.81 bits per heavy atom. The van der Waals surface area contributed by atoms with Gasteiger partial charge in [0.1, 0.15) is 17.1 Å². The van der Waals surface area contributed by atoms with Crippen LogP contribution in [0.3, 0.4) is 0 Å². The molecule has 0 spiro atoms. The lowest BCUT2D eigenvalue weighted by Crippen LogP contribution is -2.33. The van der Waals surface area contributed by atoms with Crippen LogP contribution in [0.1, 0.15) is 23.3 Å². The van der Waals surface area contributed by atoms with Gasteiger partial charge in [-0.2, -0.15) is 0 Å². The second kappa shape index (κ2) is 9.05. The molecule has 0 unspecified atom stereocenters. The van der Waals surface area contributed by atoms with Crippen molar-refractivity contribution in [2.24, 2.45) is 0 Å². The number of hydrogen-bond acceptors (Lipinski definition) is 8.